The molecule has 16 heteroatoms. The van der Waals surface area contributed by atoms with Crippen LogP contribution in [0.5, 0.6) is 5.75 Å². The SMILES string of the molecule is COC(=O)NC(C(C)C)C(O)N1CCCC1c1ncc(-c2ccc3c(c2)cc2n3C(c3ccccc3)Oc3cc(-c4cnc(C5CCCN5C(=O)C(NC(S)OC)c5ccccc5)[nH]4)ccc3-2)[nH]1. The Morgan fingerprint density at radius 2 is 1.50 bits per heavy atom. The molecular formula is C52H57N9O6S. The van der Waals surface area contributed by atoms with Crippen molar-refractivity contribution in [1.82, 2.24) is 44.9 Å². The number of carbonyl (C=O) groups excluding carboxylic acids is 2. The first-order chi connectivity index (χ1) is 33.1. The fraction of sp³-hybridized carbons (Fsp3) is 0.346. The van der Waals surface area contributed by atoms with Crippen LogP contribution in [0.4, 0.5) is 4.79 Å². The number of fused-ring (bicyclic) bond motifs is 5. The zero-order chi connectivity index (χ0) is 47.1. The van der Waals surface area contributed by atoms with E-state index >= 15 is 0 Å². The maximum Gasteiger partial charge on any atom is 0.407 e. The lowest BCUT2D eigenvalue weighted by molar-refractivity contribution is -0.135. The summed E-state index contributed by atoms with van der Waals surface area (Å²) < 4.78 is 19.5. The van der Waals surface area contributed by atoms with E-state index in [0.717, 1.165) is 98.9 Å². The van der Waals surface area contributed by atoms with Gasteiger partial charge in [0.15, 0.2) is 5.56 Å². The number of carbonyl (C=O) groups is 2. The molecule has 3 aliphatic rings. The van der Waals surface area contributed by atoms with Crippen LogP contribution in [0.15, 0.2) is 116 Å². The predicted molar refractivity (Wildman–Crippen MR) is 262 cm³/mol. The summed E-state index contributed by atoms with van der Waals surface area (Å²) in [5, 5.41) is 18.7. The molecular weight excluding hydrogens is 879 g/mol. The van der Waals surface area contributed by atoms with Crippen molar-refractivity contribution in [1.29, 1.82) is 0 Å². The van der Waals surface area contributed by atoms with Gasteiger partial charge in [-0.15, -0.1) is 12.6 Å². The minimum atomic E-state index is -0.917. The van der Waals surface area contributed by atoms with Crippen molar-refractivity contribution in [3.8, 4) is 39.5 Å². The van der Waals surface area contributed by atoms with Gasteiger partial charge in [-0.2, -0.15) is 0 Å². The van der Waals surface area contributed by atoms with Crippen LogP contribution in [-0.2, 0) is 14.3 Å². The molecule has 0 radical (unpaired) electrons. The van der Waals surface area contributed by atoms with E-state index in [2.05, 4.69) is 92.4 Å². The molecule has 2 amide bonds. The van der Waals surface area contributed by atoms with Gasteiger partial charge in [-0.05, 0) is 67.5 Å². The number of rotatable bonds is 14. The van der Waals surface area contributed by atoms with Crippen LogP contribution in [0.2, 0.25) is 0 Å². The second kappa shape index (κ2) is 19.3. The number of aromatic amines is 2. The van der Waals surface area contributed by atoms with Crippen molar-refractivity contribution in [2.75, 3.05) is 27.3 Å². The first-order valence-corrected chi connectivity index (χ1v) is 23.8. The molecule has 3 aromatic heterocycles. The number of alkyl carbamates (subject to hydrolysis) is 1. The number of ether oxygens (including phenoxy) is 3. The molecule has 0 saturated carbocycles. The molecule has 2 fully saturated rings. The number of H-pyrrole nitrogens is 2. The summed E-state index contributed by atoms with van der Waals surface area (Å²) in [5.41, 5.74) is 7.86. The highest BCUT2D eigenvalue weighted by Crippen LogP contribution is 2.46. The van der Waals surface area contributed by atoms with E-state index in [0.29, 0.717) is 13.1 Å². The number of imidazole rings is 2. The Labute approximate surface area is 400 Å². The average Bonchev–Trinajstić information content (AvgIpc) is 4.24. The zero-order valence-corrected chi connectivity index (χ0v) is 39.4. The number of hydrogen-bond acceptors (Lipinski definition) is 11. The molecule has 7 atom stereocenters. The van der Waals surface area contributed by atoms with E-state index in [1.807, 2.05) is 84.6 Å². The van der Waals surface area contributed by atoms with E-state index in [-0.39, 0.29) is 23.9 Å². The van der Waals surface area contributed by atoms with Crippen LogP contribution in [0.25, 0.3) is 44.7 Å². The van der Waals surface area contributed by atoms with Crippen LogP contribution in [0.3, 0.4) is 0 Å². The molecule has 352 valence electrons. The first-order valence-electron chi connectivity index (χ1n) is 23.3. The summed E-state index contributed by atoms with van der Waals surface area (Å²) in [6.07, 6.45) is 5.14. The lowest BCUT2D eigenvalue weighted by Gasteiger charge is -2.35. The van der Waals surface area contributed by atoms with E-state index in [9.17, 15) is 14.7 Å². The third-order valence-electron chi connectivity index (χ3n) is 13.7. The van der Waals surface area contributed by atoms with Gasteiger partial charge in [0.2, 0.25) is 12.1 Å². The summed E-state index contributed by atoms with van der Waals surface area (Å²) in [4.78, 5) is 47.2. The first kappa shape index (κ1) is 45.4. The van der Waals surface area contributed by atoms with Crippen LogP contribution >= 0.6 is 12.6 Å². The quantitative estimate of drug-likeness (QED) is 0.0457. The van der Waals surface area contributed by atoms with Crippen molar-refractivity contribution in [3.63, 3.8) is 0 Å². The van der Waals surface area contributed by atoms with Crippen LogP contribution in [0, 0.1) is 5.92 Å². The average molecular weight is 936 g/mol. The fourth-order valence-electron chi connectivity index (χ4n) is 10.2. The highest BCUT2D eigenvalue weighted by Gasteiger charge is 2.39. The summed E-state index contributed by atoms with van der Waals surface area (Å²) in [6.45, 7) is 5.23. The van der Waals surface area contributed by atoms with Crippen LogP contribution in [0.1, 0.15) is 86.7 Å². The summed E-state index contributed by atoms with van der Waals surface area (Å²) in [7, 11) is 2.88. The Morgan fingerprint density at radius 1 is 0.838 bits per heavy atom. The molecule has 3 aliphatic heterocycles. The van der Waals surface area contributed by atoms with E-state index in [1.165, 1.54) is 7.11 Å². The summed E-state index contributed by atoms with van der Waals surface area (Å²) in [5.74, 6) is 2.17. The van der Waals surface area contributed by atoms with Crippen molar-refractivity contribution in [2.24, 2.45) is 5.92 Å². The number of amides is 2. The van der Waals surface area contributed by atoms with Crippen molar-refractivity contribution < 1.29 is 28.9 Å². The Kier molecular flexibility index (Phi) is 12.9. The van der Waals surface area contributed by atoms with Gasteiger partial charge in [0.25, 0.3) is 0 Å². The third kappa shape index (κ3) is 8.66. The Bertz CT molecular complexity index is 2900. The minimum absolute atomic E-state index is 0.0257. The normalized spacial score (nSPS) is 19.9. The van der Waals surface area contributed by atoms with E-state index in [1.54, 1.807) is 7.11 Å². The number of thiol groups is 1. The van der Waals surface area contributed by atoms with Crippen molar-refractivity contribution >= 4 is 35.5 Å². The molecule has 7 aromatic rings. The Hall–Kier alpha value is -6.43. The topological polar surface area (TPSA) is 175 Å². The molecule has 0 spiro atoms. The van der Waals surface area contributed by atoms with E-state index in [4.69, 9.17) is 24.2 Å². The molecule has 68 heavy (non-hydrogen) atoms. The molecule has 5 N–H and O–H groups in total. The zero-order valence-electron chi connectivity index (χ0n) is 38.5. The summed E-state index contributed by atoms with van der Waals surface area (Å²) >= 11 is 4.48. The number of aliphatic hydroxyl groups excluding tert-OH is 1. The molecule has 7 unspecified atom stereocenters. The fourth-order valence-corrected chi connectivity index (χ4v) is 10.4. The standard InChI is InChI=1S/C52H57N9O6S/c1-30(2)44(57-51(64)65-3)48(62)59-23-11-17-40(59)46-53-28-37(55-46)33-20-22-39-35(25-33)26-42-36-21-19-34(27-43(36)67-50(61(39)42)32-15-9-6-10-16-32)38-29-54-47(56-38)41-18-12-24-60(41)49(63)45(58-52(68)66-4)31-13-7-5-8-14-31/h5-10,13-16,19-22,25-30,40-41,44-45,48,50,52,58,62,68H,11-12,17-18,23-24H2,1-4H3,(H,53,55)(H,54,56)(H,57,64). The lowest BCUT2D eigenvalue weighted by Crippen LogP contribution is -2.54. The van der Waals surface area contributed by atoms with Crippen molar-refractivity contribution in [3.05, 3.63) is 138 Å². The lowest BCUT2D eigenvalue weighted by atomic mass is 10.0. The Balaban J connectivity index is 0.930. The maximum atomic E-state index is 14.3. The maximum absolute atomic E-state index is 14.3. The third-order valence-corrected chi connectivity index (χ3v) is 14.0. The van der Waals surface area contributed by atoms with Gasteiger partial charge in [-0.3, -0.25) is 15.0 Å². The molecule has 2 saturated heterocycles. The second-order valence-corrected chi connectivity index (χ2v) is 18.6. The number of methoxy groups -OCH3 is 2. The van der Waals surface area contributed by atoms with Gasteiger partial charge < -0.3 is 44.1 Å². The number of aromatic nitrogens is 5. The van der Waals surface area contributed by atoms with Gasteiger partial charge >= 0.3 is 6.09 Å². The predicted octanol–water partition coefficient (Wildman–Crippen LogP) is 8.72. The largest absolute Gasteiger partial charge is 0.465 e. The summed E-state index contributed by atoms with van der Waals surface area (Å²) in [6, 6.07) is 33.3. The molecule has 0 aliphatic carbocycles. The smallest absolute Gasteiger partial charge is 0.407 e. The number of likely N-dealkylation sites (tertiary alicyclic amines) is 2. The number of benzene rings is 4. The molecule has 6 heterocycles. The number of nitrogens with zero attached hydrogens (tertiary/aromatic N) is 5. The molecule has 0 bridgehead atoms. The van der Waals surface area contributed by atoms with Gasteiger partial charge in [-0.25, -0.2) is 14.8 Å². The van der Waals surface area contributed by atoms with Crippen LogP contribution in [-0.4, -0.2) is 96.5 Å². The number of aliphatic hydroxyl groups is 1. The Morgan fingerprint density at radius 3 is 2.21 bits per heavy atom. The van der Waals surface area contributed by atoms with Gasteiger partial charge in [0, 0.05) is 47.8 Å². The van der Waals surface area contributed by atoms with Crippen LogP contribution < -0.4 is 15.4 Å². The second-order valence-electron chi connectivity index (χ2n) is 18.1. The monoisotopic (exact) mass is 935 g/mol. The van der Waals surface area contributed by atoms with Crippen molar-refractivity contribution in [2.45, 2.75) is 81.7 Å². The van der Waals surface area contributed by atoms with Gasteiger partial charge in [-0.1, -0.05) is 86.6 Å². The number of hydrogen-bond donors (Lipinski definition) is 6. The van der Waals surface area contributed by atoms with Gasteiger partial charge in [0.1, 0.15) is 29.7 Å². The highest BCUT2D eigenvalue weighted by molar-refractivity contribution is 7.80. The molecule has 4 aromatic carbocycles. The van der Waals surface area contributed by atoms with Gasteiger partial charge in [0.05, 0.1) is 60.2 Å². The highest BCUT2D eigenvalue weighted by atomic mass is 32.1. The minimum Gasteiger partial charge on any atom is -0.465 e. The van der Waals surface area contributed by atoms with E-state index < -0.39 is 36.2 Å². The number of nitrogens with one attached hydrogen (secondary N) is 4. The molecule has 10 rings (SSSR count). The molecule has 15 nitrogen and oxygen atoms in total.